The van der Waals surface area contributed by atoms with Crippen LogP contribution in [-0.2, 0) is 10.0 Å². The van der Waals surface area contributed by atoms with Crippen LogP contribution in [0.3, 0.4) is 0 Å². The summed E-state index contributed by atoms with van der Waals surface area (Å²) in [6.45, 7) is 3.01. The Kier molecular flexibility index (Phi) is 6.43. The first-order chi connectivity index (χ1) is 14.9. The fraction of sp³-hybridized carbons (Fsp3) is 0.409. The predicted molar refractivity (Wildman–Crippen MR) is 118 cm³/mol. The van der Waals surface area contributed by atoms with Gasteiger partial charge in [0.15, 0.2) is 0 Å². The highest BCUT2D eigenvalue weighted by atomic mass is 32.2. The summed E-state index contributed by atoms with van der Waals surface area (Å²) < 4.78 is 41.7. The second-order valence-corrected chi connectivity index (χ2v) is 9.67. The van der Waals surface area contributed by atoms with Gasteiger partial charge in [-0.1, -0.05) is 12.8 Å². The largest absolute Gasteiger partial charge is 0.367 e. The van der Waals surface area contributed by atoms with Crippen LogP contribution < -0.4 is 20.3 Å². The first kappa shape index (κ1) is 21.6. The number of hydrogen-bond donors (Lipinski definition) is 3. The van der Waals surface area contributed by atoms with Crippen LogP contribution in [0.1, 0.15) is 36.0 Å². The molecule has 1 aliphatic heterocycles. The van der Waals surface area contributed by atoms with E-state index in [2.05, 4.69) is 20.3 Å². The van der Waals surface area contributed by atoms with Gasteiger partial charge in [0.25, 0.3) is 15.9 Å². The number of sulfonamides is 1. The number of nitrogens with one attached hydrogen (secondary N) is 3. The number of piperazine rings is 1. The van der Waals surface area contributed by atoms with Gasteiger partial charge < -0.3 is 15.5 Å². The van der Waals surface area contributed by atoms with Crippen molar-refractivity contribution in [1.29, 1.82) is 0 Å². The van der Waals surface area contributed by atoms with Crippen molar-refractivity contribution in [3.63, 3.8) is 0 Å². The van der Waals surface area contributed by atoms with Gasteiger partial charge in [0.1, 0.15) is 5.82 Å². The van der Waals surface area contributed by atoms with Gasteiger partial charge in [0.2, 0.25) is 0 Å². The smallest absolute Gasteiger partial charge is 0.261 e. The molecule has 1 saturated carbocycles. The molecule has 1 amide bonds. The standard InChI is InChI=1S/C22H27FN4O3S/c23-17-6-8-19(9-7-17)31(29,30)26-20-15-16(22(28)25-18-3-1-2-4-18)5-10-21(20)27-13-11-24-12-14-27/h5-10,15,18,24,26H,1-4,11-14H2,(H,25,28). The molecule has 2 aromatic carbocycles. The number of hydrogen-bond acceptors (Lipinski definition) is 5. The molecule has 2 aliphatic rings. The van der Waals surface area contributed by atoms with E-state index in [0.29, 0.717) is 16.9 Å². The highest BCUT2D eigenvalue weighted by Crippen LogP contribution is 2.30. The minimum absolute atomic E-state index is 0.0408. The van der Waals surface area contributed by atoms with Crippen LogP contribution in [0.4, 0.5) is 15.8 Å². The zero-order chi connectivity index (χ0) is 21.8. The Morgan fingerprint density at radius 2 is 1.71 bits per heavy atom. The summed E-state index contributed by atoms with van der Waals surface area (Å²) in [5.74, 6) is -0.716. The zero-order valence-corrected chi connectivity index (χ0v) is 18.1. The highest BCUT2D eigenvalue weighted by molar-refractivity contribution is 7.92. The summed E-state index contributed by atoms with van der Waals surface area (Å²) in [5, 5.41) is 6.31. The average Bonchev–Trinajstić information content (AvgIpc) is 3.27. The van der Waals surface area contributed by atoms with Gasteiger partial charge in [-0.05, 0) is 55.3 Å². The Hall–Kier alpha value is -2.65. The lowest BCUT2D eigenvalue weighted by Gasteiger charge is -2.31. The Labute approximate surface area is 182 Å². The number of rotatable bonds is 6. The summed E-state index contributed by atoms with van der Waals surface area (Å²) in [6, 6.07) is 9.93. The molecule has 31 heavy (non-hydrogen) atoms. The van der Waals surface area contributed by atoms with E-state index in [-0.39, 0.29) is 16.8 Å². The lowest BCUT2D eigenvalue weighted by atomic mass is 10.1. The normalized spacial score (nSPS) is 17.5. The molecule has 7 nitrogen and oxygen atoms in total. The van der Waals surface area contributed by atoms with Crippen LogP contribution >= 0.6 is 0 Å². The van der Waals surface area contributed by atoms with Crippen LogP contribution in [0, 0.1) is 5.82 Å². The summed E-state index contributed by atoms with van der Waals surface area (Å²) >= 11 is 0. The predicted octanol–water partition coefficient (Wildman–Crippen LogP) is 2.71. The molecule has 0 aromatic heterocycles. The number of anilines is 2. The van der Waals surface area contributed by atoms with E-state index < -0.39 is 15.8 Å². The van der Waals surface area contributed by atoms with E-state index in [1.54, 1.807) is 18.2 Å². The number of nitrogens with zero attached hydrogens (tertiary/aromatic N) is 1. The number of carbonyl (C=O) groups is 1. The third-order valence-electron chi connectivity index (χ3n) is 5.78. The molecule has 4 rings (SSSR count). The van der Waals surface area contributed by atoms with Crippen LogP contribution in [-0.4, -0.2) is 46.5 Å². The summed E-state index contributed by atoms with van der Waals surface area (Å²) in [7, 11) is -3.95. The molecule has 1 saturated heterocycles. The summed E-state index contributed by atoms with van der Waals surface area (Å²) in [6.07, 6.45) is 4.15. The van der Waals surface area contributed by atoms with E-state index in [1.807, 2.05) is 0 Å². The lowest BCUT2D eigenvalue weighted by Crippen LogP contribution is -2.43. The molecule has 166 valence electrons. The SMILES string of the molecule is O=C(NC1CCCC1)c1ccc(N2CCNCC2)c(NS(=O)(=O)c2ccc(F)cc2)c1. The first-order valence-electron chi connectivity index (χ1n) is 10.6. The Morgan fingerprint density at radius 3 is 2.39 bits per heavy atom. The van der Waals surface area contributed by atoms with Gasteiger partial charge in [0, 0.05) is 37.8 Å². The van der Waals surface area contributed by atoms with E-state index in [0.717, 1.165) is 64.0 Å². The van der Waals surface area contributed by atoms with E-state index in [4.69, 9.17) is 0 Å². The van der Waals surface area contributed by atoms with Gasteiger partial charge in [-0.2, -0.15) is 0 Å². The summed E-state index contributed by atoms with van der Waals surface area (Å²) in [4.78, 5) is 14.8. The van der Waals surface area contributed by atoms with Crippen LogP contribution in [0.5, 0.6) is 0 Å². The highest BCUT2D eigenvalue weighted by Gasteiger charge is 2.23. The third kappa shape index (κ3) is 5.16. The molecule has 9 heteroatoms. The van der Waals surface area contributed by atoms with Crippen molar-refractivity contribution in [2.24, 2.45) is 0 Å². The molecule has 0 spiro atoms. The molecular weight excluding hydrogens is 419 g/mol. The minimum atomic E-state index is -3.95. The fourth-order valence-electron chi connectivity index (χ4n) is 4.10. The maximum absolute atomic E-state index is 13.2. The van der Waals surface area contributed by atoms with Crippen molar-refractivity contribution < 1.29 is 17.6 Å². The third-order valence-corrected chi connectivity index (χ3v) is 7.16. The van der Waals surface area contributed by atoms with Gasteiger partial charge >= 0.3 is 0 Å². The molecule has 2 fully saturated rings. The minimum Gasteiger partial charge on any atom is -0.367 e. The van der Waals surface area contributed by atoms with E-state index in [1.165, 1.54) is 12.1 Å². The van der Waals surface area contributed by atoms with Crippen molar-refractivity contribution in [2.45, 2.75) is 36.6 Å². The van der Waals surface area contributed by atoms with E-state index in [9.17, 15) is 17.6 Å². The molecular formula is C22H27FN4O3S. The fourth-order valence-corrected chi connectivity index (χ4v) is 5.16. The number of benzene rings is 2. The quantitative estimate of drug-likeness (QED) is 0.635. The zero-order valence-electron chi connectivity index (χ0n) is 17.2. The average molecular weight is 447 g/mol. The van der Waals surface area contributed by atoms with Crippen molar-refractivity contribution in [1.82, 2.24) is 10.6 Å². The van der Waals surface area contributed by atoms with Gasteiger partial charge in [0.05, 0.1) is 16.3 Å². The maximum Gasteiger partial charge on any atom is 0.261 e. The van der Waals surface area contributed by atoms with Crippen molar-refractivity contribution in [3.8, 4) is 0 Å². The van der Waals surface area contributed by atoms with Gasteiger partial charge in [-0.25, -0.2) is 12.8 Å². The molecule has 0 unspecified atom stereocenters. The summed E-state index contributed by atoms with van der Waals surface area (Å²) in [5.41, 5.74) is 1.46. The van der Waals surface area contributed by atoms with Gasteiger partial charge in [-0.3, -0.25) is 9.52 Å². The Bertz CT molecular complexity index is 1030. The van der Waals surface area contributed by atoms with Crippen molar-refractivity contribution in [3.05, 3.63) is 53.8 Å². The van der Waals surface area contributed by atoms with E-state index >= 15 is 0 Å². The topological polar surface area (TPSA) is 90.5 Å². The van der Waals surface area contributed by atoms with Crippen LogP contribution in [0.2, 0.25) is 0 Å². The number of amides is 1. The Morgan fingerprint density at radius 1 is 1.03 bits per heavy atom. The lowest BCUT2D eigenvalue weighted by molar-refractivity contribution is 0.0938. The second-order valence-electron chi connectivity index (χ2n) is 7.98. The molecule has 0 bridgehead atoms. The maximum atomic E-state index is 13.2. The first-order valence-corrected chi connectivity index (χ1v) is 12.1. The van der Waals surface area contributed by atoms with Crippen LogP contribution in [0.25, 0.3) is 0 Å². The molecule has 3 N–H and O–H groups in total. The van der Waals surface area contributed by atoms with Crippen molar-refractivity contribution in [2.75, 3.05) is 35.8 Å². The monoisotopic (exact) mass is 446 g/mol. The molecule has 0 radical (unpaired) electrons. The Balaban J connectivity index is 1.64. The number of carbonyl (C=O) groups excluding carboxylic acids is 1. The molecule has 1 heterocycles. The molecule has 1 aliphatic carbocycles. The van der Waals surface area contributed by atoms with Crippen LogP contribution in [0.15, 0.2) is 47.4 Å². The van der Waals surface area contributed by atoms with Crippen molar-refractivity contribution >= 4 is 27.3 Å². The number of halogens is 1. The molecule has 0 atom stereocenters. The molecule has 2 aromatic rings. The van der Waals surface area contributed by atoms with Gasteiger partial charge in [-0.15, -0.1) is 0 Å². The second kappa shape index (κ2) is 9.23.